The maximum Gasteiger partial charge on any atom is 0.338 e. The van der Waals surface area contributed by atoms with Crippen LogP contribution in [0, 0.1) is 10.1 Å². The molecule has 3 aromatic rings. The third-order valence-corrected chi connectivity index (χ3v) is 4.93. The molecule has 31 heavy (non-hydrogen) atoms. The van der Waals surface area contributed by atoms with E-state index in [0.717, 1.165) is 15.6 Å². The van der Waals surface area contributed by atoms with Crippen LogP contribution in [-0.2, 0) is 17.9 Å². The number of nitrogens with one attached hydrogen (secondary N) is 1. The highest BCUT2D eigenvalue weighted by atomic mass is 79.9. The number of carbonyl (C=O) groups is 1. The van der Waals surface area contributed by atoms with Gasteiger partial charge in [-0.3, -0.25) is 10.1 Å². The molecular weight excluding hydrogens is 464 g/mol. The van der Waals surface area contributed by atoms with Gasteiger partial charge in [0, 0.05) is 22.6 Å². The van der Waals surface area contributed by atoms with Crippen molar-refractivity contribution in [1.29, 1.82) is 0 Å². The zero-order valence-electron chi connectivity index (χ0n) is 16.8. The average Bonchev–Trinajstić information content (AvgIpc) is 2.77. The van der Waals surface area contributed by atoms with Crippen molar-refractivity contribution in [3.05, 3.63) is 98.0 Å². The molecule has 8 heteroatoms. The normalized spacial score (nSPS) is 10.4. The Kier molecular flexibility index (Phi) is 7.61. The smallest absolute Gasteiger partial charge is 0.338 e. The Morgan fingerprint density at radius 2 is 1.87 bits per heavy atom. The van der Waals surface area contributed by atoms with E-state index in [-0.39, 0.29) is 17.9 Å². The Bertz CT molecular complexity index is 1070. The van der Waals surface area contributed by atoms with Gasteiger partial charge in [-0.25, -0.2) is 4.79 Å². The van der Waals surface area contributed by atoms with Crippen LogP contribution in [-0.4, -0.2) is 17.5 Å². The molecule has 0 radical (unpaired) electrons. The van der Waals surface area contributed by atoms with Gasteiger partial charge < -0.3 is 14.8 Å². The summed E-state index contributed by atoms with van der Waals surface area (Å²) >= 11 is 3.45. The number of rotatable bonds is 9. The largest absolute Gasteiger partial charge is 0.489 e. The van der Waals surface area contributed by atoms with Crippen molar-refractivity contribution in [3.63, 3.8) is 0 Å². The molecule has 160 valence electrons. The van der Waals surface area contributed by atoms with Crippen LogP contribution in [0.15, 0.2) is 71.2 Å². The first-order chi connectivity index (χ1) is 15.0. The SMILES string of the molecule is CCOC(=O)c1ccc(NCc2cc(Br)ccc2OCc2ccccc2)c([N+](=O)[O-])c1. The van der Waals surface area contributed by atoms with E-state index >= 15 is 0 Å². The van der Waals surface area contributed by atoms with Gasteiger partial charge in [-0.05, 0) is 42.8 Å². The summed E-state index contributed by atoms with van der Waals surface area (Å²) in [7, 11) is 0. The molecule has 0 bridgehead atoms. The third-order valence-electron chi connectivity index (χ3n) is 4.43. The third kappa shape index (κ3) is 6.05. The number of halogens is 1. The first kappa shape index (κ1) is 22.3. The van der Waals surface area contributed by atoms with E-state index in [0.29, 0.717) is 24.6 Å². The molecule has 0 heterocycles. The highest BCUT2D eigenvalue weighted by Crippen LogP contribution is 2.29. The minimum absolute atomic E-state index is 0.133. The number of benzene rings is 3. The summed E-state index contributed by atoms with van der Waals surface area (Å²) in [4.78, 5) is 22.9. The number of hydrogen-bond donors (Lipinski definition) is 1. The number of nitrogens with zero attached hydrogens (tertiary/aromatic N) is 1. The van der Waals surface area contributed by atoms with Gasteiger partial charge in [-0.1, -0.05) is 46.3 Å². The van der Waals surface area contributed by atoms with Crippen molar-refractivity contribution in [1.82, 2.24) is 0 Å². The fourth-order valence-corrected chi connectivity index (χ4v) is 3.33. The molecular formula is C23H21BrN2O5. The van der Waals surface area contributed by atoms with Crippen molar-refractivity contribution >= 4 is 33.3 Å². The van der Waals surface area contributed by atoms with Gasteiger partial charge in [0.1, 0.15) is 18.0 Å². The first-order valence-electron chi connectivity index (χ1n) is 9.62. The Hall–Kier alpha value is -3.39. The summed E-state index contributed by atoms with van der Waals surface area (Å²) in [6.45, 7) is 2.58. The fourth-order valence-electron chi connectivity index (χ4n) is 2.93. The van der Waals surface area contributed by atoms with Crippen LogP contribution in [0.1, 0.15) is 28.4 Å². The van der Waals surface area contributed by atoms with Crippen molar-refractivity contribution in [2.45, 2.75) is 20.1 Å². The molecule has 1 N–H and O–H groups in total. The summed E-state index contributed by atoms with van der Waals surface area (Å²) in [5.74, 6) is 0.0751. The molecule has 0 amide bonds. The molecule has 0 unspecified atom stereocenters. The van der Waals surface area contributed by atoms with E-state index < -0.39 is 10.9 Å². The van der Waals surface area contributed by atoms with Crippen LogP contribution < -0.4 is 10.1 Å². The van der Waals surface area contributed by atoms with Gasteiger partial charge >= 0.3 is 5.97 Å². The molecule has 0 aromatic heterocycles. The van der Waals surface area contributed by atoms with Crippen molar-refractivity contribution in [2.24, 2.45) is 0 Å². The number of ether oxygens (including phenoxy) is 2. The van der Waals surface area contributed by atoms with Crippen LogP contribution >= 0.6 is 15.9 Å². The summed E-state index contributed by atoms with van der Waals surface area (Å²) in [5.41, 5.74) is 2.09. The molecule has 3 aromatic carbocycles. The molecule has 0 fully saturated rings. The van der Waals surface area contributed by atoms with E-state index in [4.69, 9.17) is 9.47 Å². The highest BCUT2D eigenvalue weighted by molar-refractivity contribution is 9.10. The van der Waals surface area contributed by atoms with Gasteiger partial charge in [0.25, 0.3) is 5.69 Å². The minimum atomic E-state index is -0.597. The van der Waals surface area contributed by atoms with Crippen molar-refractivity contribution < 1.29 is 19.2 Å². The van der Waals surface area contributed by atoms with E-state index in [1.54, 1.807) is 6.92 Å². The molecule has 0 saturated heterocycles. The standard InChI is InChI=1S/C23H21BrN2O5/c1-2-30-23(27)17-8-10-20(21(13-17)26(28)29)25-14-18-12-19(24)9-11-22(18)31-15-16-6-4-3-5-7-16/h3-13,25H,2,14-15H2,1H3. The lowest BCUT2D eigenvalue weighted by Crippen LogP contribution is -2.08. The Morgan fingerprint density at radius 3 is 2.58 bits per heavy atom. The van der Waals surface area contributed by atoms with Gasteiger partial charge in [0.15, 0.2) is 0 Å². The summed E-state index contributed by atoms with van der Waals surface area (Å²) in [5, 5.41) is 14.6. The second kappa shape index (κ2) is 10.6. The summed E-state index contributed by atoms with van der Waals surface area (Å²) < 4.78 is 11.8. The van der Waals surface area contributed by atoms with Crippen LogP contribution in [0.5, 0.6) is 5.75 Å². The monoisotopic (exact) mass is 484 g/mol. The molecule has 0 aliphatic carbocycles. The van der Waals surface area contributed by atoms with Crippen LogP contribution in [0.4, 0.5) is 11.4 Å². The quantitative estimate of drug-likeness (QED) is 0.237. The Labute approximate surface area is 188 Å². The summed E-state index contributed by atoms with van der Waals surface area (Å²) in [6, 6.07) is 19.6. The Balaban J connectivity index is 1.78. The predicted molar refractivity (Wildman–Crippen MR) is 121 cm³/mol. The van der Waals surface area contributed by atoms with Crippen LogP contribution in [0.2, 0.25) is 0 Å². The first-order valence-corrected chi connectivity index (χ1v) is 10.4. The van der Waals surface area contributed by atoms with Crippen molar-refractivity contribution in [2.75, 3.05) is 11.9 Å². The maximum absolute atomic E-state index is 11.9. The van der Waals surface area contributed by atoms with Crippen LogP contribution in [0.25, 0.3) is 0 Å². The van der Waals surface area contributed by atoms with E-state index in [9.17, 15) is 14.9 Å². The number of hydrogen-bond acceptors (Lipinski definition) is 6. The van der Waals surface area contributed by atoms with E-state index in [2.05, 4.69) is 21.2 Å². The number of nitro groups is 1. The van der Waals surface area contributed by atoms with Crippen LogP contribution in [0.3, 0.4) is 0 Å². The lowest BCUT2D eigenvalue weighted by atomic mass is 10.1. The van der Waals surface area contributed by atoms with Crippen molar-refractivity contribution in [3.8, 4) is 5.75 Å². The van der Waals surface area contributed by atoms with Gasteiger partial charge in [-0.2, -0.15) is 0 Å². The van der Waals surface area contributed by atoms with Gasteiger partial charge in [0.2, 0.25) is 0 Å². The second-order valence-electron chi connectivity index (χ2n) is 6.59. The fraction of sp³-hybridized carbons (Fsp3) is 0.174. The topological polar surface area (TPSA) is 90.7 Å². The average molecular weight is 485 g/mol. The highest BCUT2D eigenvalue weighted by Gasteiger charge is 2.18. The second-order valence-corrected chi connectivity index (χ2v) is 7.51. The maximum atomic E-state index is 11.9. The summed E-state index contributed by atoms with van der Waals surface area (Å²) in [6.07, 6.45) is 0. The number of esters is 1. The number of nitro benzene ring substituents is 1. The van der Waals surface area contributed by atoms with E-state index in [1.165, 1.54) is 18.2 Å². The Morgan fingerprint density at radius 1 is 1.10 bits per heavy atom. The van der Waals surface area contributed by atoms with Gasteiger partial charge in [0.05, 0.1) is 17.1 Å². The van der Waals surface area contributed by atoms with E-state index in [1.807, 2.05) is 48.5 Å². The molecule has 0 aliphatic heterocycles. The number of anilines is 1. The molecule has 0 saturated carbocycles. The molecule has 0 atom stereocenters. The number of carbonyl (C=O) groups excluding carboxylic acids is 1. The molecule has 3 rings (SSSR count). The molecule has 7 nitrogen and oxygen atoms in total. The minimum Gasteiger partial charge on any atom is -0.489 e. The zero-order chi connectivity index (χ0) is 22.2. The molecule has 0 aliphatic rings. The molecule has 0 spiro atoms. The lowest BCUT2D eigenvalue weighted by Gasteiger charge is -2.14. The zero-order valence-corrected chi connectivity index (χ0v) is 18.4. The lowest BCUT2D eigenvalue weighted by molar-refractivity contribution is -0.384. The van der Waals surface area contributed by atoms with Gasteiger partial charge in [-0.15, -0.1) is 0 Å². The predicted octanol–water partition coefficient (Wildman–Crippen LogP) is 5.73.